The standard InChI is InChI=1S/C9H19NO/c1-7(2)6-10-8-4-9(3,11)5-8/h7-8,10-11H,4-6H2,1-3H3. The molecule has 0 atom stereocenters. The van der Waals surface area contributed by atoms with Crippen LogP contribution in [-0.4, -0.2) is 23.3 Å². The Hall–Kier alpha value is -0.0800. The summed E-state index contributed by atoms with van der Waals surface area (Å²) in [5.41, 5.74) is -0.380. The third kappa shape index (κ3) is 2.80. The molecule has 0 aromatic carbocycles. The highest BCUT2D eigenvalue weighted by Gasteiger charge is 2.37. The number of nitrogens with one attached hydrogen (secondary N) is 1. The van der Waals surface area contributed by atoms with Gasteiger partial charge in [0.2, 0.25) is 0 Å². The number of hydrogen-bond donors (Lipinski definition) is 2. The SMILES string of the molecule is CC(C)CNC1CC(C)(O)C1. The van der Waals surface area contributed by atoms with E-state index in [1.165, 1.54) is 0 Å². The number of rotatable bonds is 3. The Morgan fingerprint density at radius 1 is 1.55 bits per heavy atom. The molecule has 0 aliphatic heterocycles. The Balaban J connectivity index is 2.05. The van der Waals surface area contributed by atoms with Crippen LogP contribution < -0.4 is 5.32 Å². The van der Waals surface area contributed by atoms with Crippen LogP contribution >= 0.6 is 0 Å². The summed E-state index contributed by atoms with van der Waals surface area (Å²) in [7, 11) is 0. The predicted molar refractivity (Wildman–Crippen MR) is 46.5 cm³/mol. The second-order valence-electron chi connectivity index (χ2n) is 4.40. The monoisotopic (exact) mass is 157 g/mol. The molecule has 1 rings (SSSR count). The van der Waals surface area contributed by atoms with E-state index in [2.05, 4.69) is 19.2 Å². The van der Waals surface area contributed by atoms with Crippen LogP contribution in [0.15, 0.2) is 0 Å². The molecule has 2 nitrogen and oxygen atoms in total. The number of aliphatic hydroxyl groups is 1. The zero-order chi connectivity index (χ0) is 8.48. The zero-order valence-corrected chi connectivity index (χ0v) is 7.72. The molecule has 0 spiro atoms. The maximum atomic E-state index is 9.41. The molecule has 1 aliphatic rings. The molecule has 0 aromatic rings. The van der Waals surface area contributed by atoms with E-state index in [9.17, 15) is 5.11 Å². The van der Waals surface area contributed by atoms with Crippen LogP contribution in [0.5, 0.6) is 0 Å². The van der Waals surface area contributed by atoms with Gasteiger partial charge in [0.25, 0.3) is 0 Å². The third-order valence-corrected chi connectivity index (χ3v) is 2.19. The smallest absolute Gasteiger partial charge is 0.0649 e. The molecule has 0 amide bonds. The molecule has 0 aromatic heterocycles. The highest BCUT2D eigenvalue weighted by atomic mass is 16.3. The van der Waals surface area contributed by atoms with Crippen LogP contribution in [0.3, 0.4) is 0 Å². The van der Waals surface area contributed by atoms with Crippen molar-refractivity contribution >= 4 is 0 Å². The molecule has 2 heteroatoms. The van der Waals surface area contributed by atoms with Crippen LogP contribution in [-0.2, 0) is 0 Å². The van der Waals surface area contributed by atoms with Crippen LogP contribution in [0.2, 0.25) is 0 Å². The Kier molecular flexibility index (Phi) is 2.55. The molecule has 1 fully saturated rings. The molecule has 11 heavy (non-hydrogen) atoms. The van der Waals surface area contributed by atoms with Gasteiger partial charge in [-0.15, -0.1) is 0 Å². The molecule has 1 aliphatic carbocycles. The normalized spacial score (nSPS) is 37.4. The first kappa shape index (κ1) is 9.01. The van der Waals surface area contributed by atoms with E-state index in [0.29, 0.717) is 12.0 Å². The van der Waals surface area contributed by atoms with Crippen molar-refractivity contribution in [2.75, 3.05) is 6.54 Å². The van der Waals surface area contributed by atoms with Crippen LogP contribution in [0.4, 0.5) is 0 Å². The molecular formula is C9H19NO. The van der Waals surface area contributed by atoms with Crippen LogP contribution in [0.25, 0.3) is 0 Å². The molecule has 2 N–H and O–H groups in total. The Morgan fingerprint density at radius 2 is 2.09 bits per heavy atom. The van der Waals surface area contributed by atoms with Gasteiger partial charge in [0.15, 0.2) is 0 Å². The van der Waals surface area contributed by atoms with Gasteiger partial charge in [0.05, 0.1) is 5.60 Å². The van der Waals surface area contributed by atoms with Gasteiger partial charge < -0.3 is 10.4 Å². The van der Waals surface area contributed by atoms with Gasteiger partial charge in [-0.25, -0.2) is 0 Å². The lowest BCUT2D eigenvalue weighted by Gasteiger charge is -2.41. The van der Waals surface area contributed by atoms with Crippen molar-refractivity contribution in [1.29, 1.82) is 0 Å². The van der Waals surface area contributed by atoms with E-state index in [1.54, 1.807) is 0 Å². The quantitative estimate of drug-likeness (QED) is 0.644. The lowest BCUT2D eigenvalue weighted by molar-refractivity contribution is -0.0393. The summed E-state index contributed by atoms with van der Waals surface area (Å²) >= 11 is 0. The van der Waals surface area contributed by atoms with E-state index in [1.807, 2.05) is 6.92 Å². The van der Waals surface area contributed by atoms with Gasteiger partial charge in [-0.2, -0.15) is 0 Å². The molecule has 1 saturated carbocycles. The van der Waals surface area contributed by atoms with Crippen molar-refractivity contribution in [2.24, 2.45) is 5.92 Å². The second kappa shape index (κ2) is 3.11. The van der Waals surface area contributed by atoms with Crippen LogP contribution in [0.1, 0.15) is 33.6 Å². The predicted octanol–water partition coefficient (Wildman–Crippen LogP) is 1.15. The van der Waals surface area contributed by atoms with Crippen molar-refractivity contribution in [3.63, 3.8) is 0 Å². The fourth-order valence-corrected chi connectivity index (χ4v) is 1.55. The van der Waals surface area contributed by atoms with E-state index < -0.39 is 0 Å². The molecule has 0 heterocycles. The van der Waals surface area contributed by atoms with Gasteiger partial charge >= 0.3 is 0 Å². The van der Waals surface area contributed by atoms with Gasteiger partial charge in [-0.05, 0) is 32.2 Å². The van der Waals surface area contributed by atoms with Gasteiger partial charge in [0, 0.05) is 6.04 Å². The first-order valence-electron chi connectivity index (χ1n) is 4.45. The summed E-state index contributed by atoms with van der Waals surface area (Å²) in [4.78, 5) is 0. The molecule has 66 valence electrons. The molecular weight excluding hydrogens is 138 g/mol. The Morgan fingerprint density at radius 3 is 2.45 bits per heavy atom. The maximum absolute atomic E-state index is 9.41. The van der Waals surface area contributed by atoms with Gasteiger partial charge in [-0.1, -0.05) is 13.8 Å². The van der Waals surface area contributed by atoms with Crippen molar-refractivity contribution in [3.05, 3.63) is 0 Å². The second-order valence-corrected chi connectivity index (χ2v) is 4.40. The zero-order valence-electron chi connectivity index (χ0n) is 7.72. The van der Waals surface area contributed by atoms with E-state index in [-0.39, 0.29) is 5.60 Å². The molecule has 0 saturated heterocycles. The largest absolute Gasteiger partial charge is 0.390 e. The Labute approximate surface area is 69.0 Å². The summed E-state index contributed by atoms with van der Waals surface area (Å²) in [5, 5.41) is 12.8. The average Bonchev–Trinajstić information content (AvgIpc) is 1.78. The molecule has 0 radical (unpaired) electrons. The maximum Gasteiger partial charge on any atom is 0.0649 e. The molecule has 0 unspecified atom stereocenters. The summed E-state index contributed by atoms with van der Waals surface area (Å²) < 4.78 is 0. The first-order valence-corrected chi connectivity index (χ1v) is 4.45. The minimum Gasteiger partial charge on any atom is -0.390 e. The van der Waals surface area contributed by atoms with E-state index in [0.717, 1.165) is 19.4 Å². The van der Waals surface area contributed by atoms with Gasteiger partial charge in [0.1, 0.15) is 0 Å². The Bertz CT molecular complexity index is 124. The van der Waals surface area contributed by atoms with E-state index in [4.69, 9.17) is 0 Å². The van der Waals surface area contributed by atoms with Crippen LogP contribution in [0, 0.1) is 5.92 Å². The topological polar surface area (TPSA) is 32.3 Å². The minimum absolute atomic E-state index is 0.380. The summed E-state index contributed by atoms with van der Waals surface area (Å²) in [6.45, 7) is 7.37. The third-order valence-electron chi connectivity index (χ3n) is 2.19. The minimum atomic E-state index is -0.380. The lowest BCUT2D eigenvalue weighted by atomic mass is 9.77. The van der Waals surface area contributed by atoms with Gasteiger partial charge in [-0.3, -0.25) is 0 Å². The summed E-state index contributed by atoms with van der Waals surface area (Å²) in [6.07, 6.45) is 1.83. The highest BCUT2D eigenvalue weighted by molar-refractivity contribution is 4.94. The van der Waals surface area contributed by atoms with E-state index >= 15 is 0 Å². The first-order chi connectivity index (χ1) is 4.99. The average molecular weight is 157 g/mol. The number of hydrogen-bond acceptors (Lipinski definition) is 2. The van der Waals surface area contributed by atoms with Crippen molar-refractivity contribution in [3.8, 4) is 0 Å². The van der Waals surface area contributed by atoms with Crippen molar-refractivity contribution in [2.45, 2.75) is 45.3 Å². The fraction of sp³-hybridized carbons (Fsp3) is 1.00. The highest BCUT2D eigenvalue weighted by Crippen LogP contribution is 2.31. The summed E-state index contributed by atoms with van der Waals surface area (Å²) in [5.74, 6) is 0.709. The fourth-order valence-electron chi connectivity index (χ4n) is 1.55. The van der Waals surface area contributed by atoms with Crippen molar-refractivity contribution in [1.82, 2.24) is 5.32 Å². The molecule has 0 bridgehead atoms. The van der Waals surface area contributed by atoms with Crippen molar-refractivity contribution < 1.29 is 5.11 Å². The lowest BCUT2D eigenvalue weighted by Crippen LogP contribution is -2.52. The summed E-state index contributed by atoms with van der Waals surface area (Å²) in [6, 6.07) is 0.562.